The quantitative estimate of drug-likeness (QED) is 0.269. The Morgan fingerprint density at radius 2 is 1.66 bits per heavy atom. The summed E-state index contributed by atoms with van der Waals surface area (Å²) in [5, 5.41) is 63.4. The molecule has 5 rings (SSSR count). The number of aliphatic hydroxyl groups is 6. The number of fused-ring (bicyclic) bond motifs is 3. The lowest BCUT2D eigenvalue weighted by Crippen LogP contribution is -2.63. The molecule has 2 bridgehead atoms. The van der Waals surface area contributed by atoms with E-state index in [-0.39, 0.29) is 35.4 Å². The van der Waals surface area contributed by atoms with Crippen molar-refractivity contribution in [2.24, 2.45) is 34.0 Å². The monoisotopic (exact) mass is 542 g/mol. The first-order valence-electron chi connectivity index (χ1n) is 14.2. The number of rotatable bonds is 5. The molecule has 10 heteroatoms. The Morgan fingerprint density at radius 3 is 2.32 bits per heavy atom. The summed E-state index contributed by atoms with van der Waals surface area (Å²) in [6.45, 7) is 7.11. The first-order valence-corrected chi connectivity index (χ1v) is 14.2. The van der Waals surface area contributed by atoms with Gasteiger partial charge in [-0.2, -0.15) is 0 Å². The largest absolute Gasteiger partial charge is 0.459 e. The minimum atomic E-state index is -1.59. The topological polar surface area (TPSA) is 166 Å². The molecule has 6 N–H and O–H groups in total. The van der Waals surface area contributed by atoms with Gasteiger partial charge in [-0.25, -0.2) is 0 Å². The fraction of sp³-hybridized carbons (Fsp3) is 0.964. The molecule has 5 aliphatic rings. The molecule has 4 saturated carbocycles. The number of esters is 1. The summed E-state index contributed by atoms with van der Waals surface area (Å²) in [5.74, 6) is -0.172. The van der Waals surface area contributed by atoms with Gasteiger partial charge in [0.25, 0.3) is 0 Å². The molecule has 1 saturated heterocycles. The lowest BCUT2D eigenvalue weighted by Gasteiger charge is -2.65. The van der Waals surface area contributed by atoms with Crippen LogP contribution in [0.5, 0.6) is 0 Å². The molecule has 0 aromatic carbocycles. The predicted molar refractivity (Wildman–Crippen MR) is 133 cm³/mol. The van der Waals surface area contributed by atoms with Crippen molar-refractivity contribution >= 4 is 5.97 Å². The maximum atomic E-state index is 12.4. The van der Waals surface area contributed by atoms with Crippen molar-refractivity contribution in [3.05, 3.63) is 0 Å². The Labute approximate surface area is 224 Å². The normalized spacial score (nSPS) is 53.6. The Kier molecular flexibility index (Phi) is 7.26. The zero-order chi connectivity index (χ0) is 27.8. The molecular formula is C28H46O10. The molecule has 4 aliphatic carbocycles. The average molecular weight is 543 g/mol. The maximum Gasteiger partial charge on any atom is 0.303 e. The summed E-state index contributed by atoms with van der Waals surface area (Å²) in [5.41, 5.74) is -2.28. The third kappa shape index (κ3) is 4.01. The zero-order valence-corrected chi connectivity index (χ0v) is 23.0. The van der Waals surface area contributed by atoms with Gasteiger partial charge in [0.05, 0.1) is 19.3 Å². The van der Waals surface area contributed by atoms with E-state index in [2.05, 4.69) is 20.8 Å². The number of hydrogen-bond acceptors (Lipinski definition) is 10. The first kappa shape index (κ1) is 28.7. The SMILES string of the molecule is CC(=O)O[C@H]1[C@](O)(CO[C@H]2O[C@@H](CO)[C@H](O)[C@@H](O)[C@@H]2O)[C@@H]2CC[C@H]3[C@]4(C)CC[C@@H](O)C(C)(C)[C@H]4CC[C@@]31C2. The number of hydrogen-bond donors (Lipinski definition) is 6. The van der Waals surface area contributed by atoms with Crippen LogP contribution < -0.4 is 0 Å². The minimum absolute atomic E-state index is 0.0757. The van der Waals surface area contributed by atoms with Crippen LogP contribution in [-0.2, 0) is 19.0 Å². The second kappa shape index (κ2) is 9.62. The first-order chi connectivity index (χ1) is 17.7. The van der Waals surface area contributed by atoms with Crippen LogP contribution >= 0.6 is 0 Å². The van der Waals surface area contributed by atoms with E-state index in [4.69, 9.17) is 14.2 Å². The Morgan fingerprint density at radius 1 is 0.947 bits per heavy atom. The maximum absolute atomic E-state index is 12.4. The van der Waals surface area contributed by atoms with Crippen molar-refractivity contribution in [3.63, 3.8) is 0 Å². The third-order valence-electron chi connectivity index (χ3n) is 11.6. The predicted octanol–water partition coefficient (Wildman–Crippen LogP) is 0.479. The Balaban J connectivity index is 1.44. The van der Waals surface area contributed by atoms with Crippen LogP contribution in [0, 0.1) is 34.0 Å². The summed E-state index contributed by atoms with van der Waals surface area (Å²) in [7, 11) is 0. The van der Waals surface area contributed by atoms with Crippen molar-refractivity contribution in [1.82, 2.24) is 0 Å². The van der Waals surface area contributed by atoms with E-state index in [1.807, 2.05) is 0 Å². The van der Waals surface area contributed by atoms with E-state index in [1.54, 1.807) is 0 Å². The summed E-state index contributed by atoms with van der Waals surface area (Å²) >= 11 is 0. The summed E-state index contributed by atoms with van der Waals surface area (Å²) in [4.78, 5) is 12.4. The van der Waals surface area contributed by atoms with E-state index in [1.165, 1.54) is 6.92 Å². The van der Waals surface area contributed by atoms with Crippen LogP contribution in [0.1, 0.15) is 72.6 Å². The molecule has 1 spiro atoms. The minimum Gasteiger partial charge on any atom is -0.459 e. The van der Waals surface area contributed by atoms with Crippen LogP contribution in [0.3, 0.4) is 0 Å². The summed E-state index contributed by atoms with van der Waals surface area (Å²) in [6.07, 6.45) is -2.82. The highest BCUT2D eigenvalue weighted by atomic mass is 16.7. The van der Waals surface area contributed by atoms with Crippen molar-refractivity contribution in [2.75, 3.05) is 13.2 Å². The zero-order valence-electron chi connectivity index (χ0n) is 23.0. The van der Waals surface area contributed by atoms with E-state index in [0.717, 1.165) is 38.5 Å². The van der Waals surface area contributed by atoms with Gasteiger partial charge in [0.1, 0.15) is 36.1 Å². The summed E-state index contributed by atoms with van der Waals surface area (Å²) < 4.78 is 17.4. The van der Waals surface area contributed by atoms with Gasteiger partial charge in [0, 0.05) is 12.3 Å². The van der Waals surface area contributed by atoms with Crippen molar-refractivity contribution < 1.29 is 49.6 Å². The van der Waals surface area contributed by atoms with Gasteiger partial charge in [-0.15, -0.1) is 0 Å². The fourth-order valence-corrected chi connectivity index (χ4v) is 9.79. The van der Waals surface area contributed by atoms with Gasteiger partial charge in [-0.05, 0) is 73.5 Å². The summed E-state index contributed by atoms with van der Waals surface area (Å²) in [6, 6.07) is 0. The third-order valence-corrected chi connectivity index (χ3v) is 11.6. The molecule has 0 unspecified atom stereocenters. The Bertz CT molecular complexity index is 910. The van der Waals surface area contributed by atoms with Gasteiger partial charge < -0.3 is 44.8 Å². The van der Waals surface area contributed by atoms with Crippen LogP contribution in [0.25, 0.3) is 0 Å². The average Bonchev–Trinajstić information content (AvgIpc) is 3.02. The second-order valence-corrected chi connectivity index (χ2v) is 13.7. The van der Waals surface area contributed by atoms with Crippen LogP contribution in [-0.4, -0.2) is 98.3 Å². The number of ether oxygens (including phenoxy) is 3. The van der Waals surface area contributed by atoms with E-state index >= 15 is 0 Å². The fourth-order valence-electron chi connectivity index (χ4n) is 9.79. The van der Waals surface area contributed by atoms with Gasteiger partial charge in [0.2, 0.25) is 0 Å². The molecule has 0 radical (unpaired) electrons. The van der Waals surface area contributed by atoms with Crippen molar-refractivity contribution in [1.29, 1.82) is 0 Å². The van der Waals surface area contributed by atoms with Gasteiger partial charge >= 0.3 is 5.97 Å². The molecule has 218 valence electrons. The highest BCUT2D eigenvalue weighted by Gasteiger charge is 2.73. The Hall–Kier alpha value is -0.850. The molecule has 1 heterocycles. The molecule has 1 aliphatic heterocycles. The van der Waals surface area contributed by atoms with E-state index in [9.17, 15) is 35.4 Å². The second-order valence-electron chi connectivity index (χ2n) is 13.7. The van der Waals surface area contributed by atoms with Crippen molar-refractivity contribution in [3.8, 4) is 0 Å². The molecule has 0 aromatic heterocycles. The van der Waals surface area contributed by atoms with Crippen LogP contribution in [0.15, 0.2) is 0 Å². The number of aliphatic hydroxyl groups excluding tert-OH is 5. The van der Waals surface area contributed by atoms with Crippen LogP contribution in [0.4, 0.5) is 0 Å². The molecule has 0 aromatic rings. The van der Waals surface area contributed by atoms with Crippen molar-refractivity contribution in [2.45, 2.75) is 121 Å². The number of carbonyl (C=O) groups is 1. The lowest BCUT2D eigenvalue weighted by atomic mass is 9.40. The van der Waals surface area contributed by atoms with Crippen LogP contribution in [0.2, 0.25) is 0 Å². The molecule has 38 heavy (non-hydrogen) atoms. The van der Waals surface area contributed by atoms with Gasteiger partial charge in [0.15, 0.2) is 6.29 Å². The van der Waals surface area contributed by atoms with Gasteiger partial charge in [-0.1, -0.05) is 20.8 Å². The highest BCUT2D eigenvalue weighted by molar-refractivity contribution is 5.66. The van der Waals surface area contributed by atoms with Gasteiger partial charge in [-0.3, -0.25) is 4.79 Å². The number of carbonyl (C=O) groups excluding carboxylic acids is 1. The standard InChI is InChI=1S/C28H46O10/c1-14(30)37-24-27-10-7-17-25(2,3)19(31)8-9-26(17,4)18(27)6-5-15(11-27)28(24,35)13-36-23-22(34)21(33)20(32)16(12-29)38-23/h15-24,29,31-35H,5-13H2,1-4H3/t15-,16+,17-,18+,19-,20+,21-,22+,23+,24-,26-,27-,28+/m1/s1. The van der Waals surface area contributed by atoms with E-state index < -0.39 is 60.4 Å². The molecular weight excluding hydrogens is 496 g/mol. The molecule has 5 fully saturated rings. The molecule has 10 nitrogen and oxygen atoms in total. The van der Waals surface area contributed by atoms with E-state index in [0.29, 0.717) is 12.3 Å². The lowest BCUT2D eigenvalue weighted by molar-refractivity contribution is -0.313. The highest BCUT2D eigenvalue weighted by Crippen LogP contribution is 2.73. The molecule has 13 atom stereocenters. The molecule has 0 amide bonds. The smallest absolute Gasteiger partial charge is 0.303 e.